The summed E-state index contributed by atoms with van der Waals surface area (Å²) in [6.45, 7) is 4.78. The topological polar surface area (TPSA) is 49.9 Å². The van der Waals surface area contributed by atoms with Crippen LogP contribution in [0.4, 0.5) is 4.39 Å². The van der Waals surface area contributed by atoms with Gasteiger partial charge in [0.05, 0.1) is 12.0 Å². The van der Waals surface area contributed by atoms with Crippen molar-refractivity contribution in [1.82, 2.24) is 9.21 Å². The number of sulfonamides is 1. The van der Waals surface area contributed by atoms with Gasteiger partial charge < -0.3 is 9.64 Å². The second-order valence-electron chi connectivity index (χ2n) is 6.75. The second kappa shape index (κ2) is 8.37. The summed E-state index contributed by atoms with van der Waals surface area (Å²) < 4.78 is 45.6. The third kappa shape index (κ3) is 4.66. The number of methoxy groups -OCH3 is 1. The summed E-state index contributed by atoms with van der Waals surface area (Å²) in [5.41, 5.74) is 1.67. The SMILES string of the molecule is COc1ccc(CCN2CCN(S(=O)(=O)c3ccc(F)cc3C)CC2)cc1. The minimum Gasteiger partial charge on any atom is -0.497 e. The molecule has 0 aromatic heterocycles. The molecule has 2 aromatic rings. The van der Waals surface area contributed by atoms with Gasteiger partial charge in [-0.3, -0.25) is 0 Å². The van der Waals surface area contributed by atoms with E-state index >= 15 is 0 Å². The zero-order valence-corrected chi connectivity index (χ0v) is 16.5. The van der Waals surface area contributed by atoms with E-state index in [4.69, 9.17) is 4.74 Å². The Bertz CT molecular complexity index is 877. The van der Waals surface area contributed by atoms with E-state index in [1.807, 2.05) is 12.1 Å². The molecule has 0 aliphatic carbocycles. The maximum absolute atomic E-state index is 13.3. The Labute approximate surface area is 160 Å². The van der Waals surface area contributed by atoms with E-state index in [9.17, 15) is 12.8 Å². The number of hydrogen-bond donors (Lipinski definition) is 0. The molecule has 1 aliphatic heterocycles. The van der Waals surface area contributed by atoms with Crippen LogP contribution in [0.25, 0.3) is 0 Å². The predicted octanol–water partition coefficient (Wildman–Crippen LogP) is 2.69. The molecular formula is C20H25FN2O3S. The molecule has 7 heteroatoms. The van der Waals surface area contributed by atoms with Crippen LogP contribution >= 0.6 is 0 Å². The number of benzene rings is 2. The number of aryl methyl sites for hydroxylation is 1. The summed E-state index contributed by atoms with van der Waals surface area (Å²) in [6.07, 6.45) is 0.911. The van der Waals surface area contributed by atoms with E-state index in [0.717, 1.165) is 18.7 Å². The van der Waals surface area contributed by atoms with Gasteiger partial charge in [-0.05, 0) is 54.8 Å². The monoisotopic (exact) mass is 392 g/mol. The molecule has 0 bridgehead atoms. The Morgan fingerprint density at radius 1 is 1.04 bits per heavy atom. The smallest absolute Gasteiger partial charge is 0.243 e. The van der Waals surface area contributed by atoms with Gasteiger partial charge in [-0.25, -0.2) is 12.8 Å². The molecule has 0 N–H and O–H groups in total. The lowest BCUT2D eigenvalue weighted by Crippen LogP contribution is -2.49. The highest BCUT2D eigenvalue weighted by Gasteiger charge is 2.29. The van der Waals surface area contributed by atoms with Gasteiger partial charge in [0.2, 0.25) is 10.0 Å². The molecule has 5 nitrogen and oxygen atoms in total. The fourth-order valence-electron chi connectivity index (χ4n) is 3.31. The normalized spacial score (nSPS) is 16.4. The molecule has 1 aliphatic rings. The Balaban J connectivity index is 1.56. The van der Waals surface area contributed by atoms with Crippen LogP contribution < -0.4 is 4.74 Å². The first-order valence-corrected chi connectivity index (χ1v) is 10.5. The Morgan fingerprint density at radius 2 is 1.70 bits per heavy atom. The Hall–Kier alpha value is -1.96. The zero-order valence-electron chi connectivity index (χ0n) is 15.7. The number of hydrogen-bond acceptors (Lipinski definition) is 4. The molecule has 0 spiro atoms. The van der Waals surface area contributed by atoms with Gasteiger partial charge in [-0.2, -0.15) is 4.31 Å². The number of piperazine rings is 1. The quantitative estimate of drug-likeness (QED) is 0.759. The molecule has 0 unspecified atom stereocenters. The first kappa shape index (κ1) is 19.8. The van der Waals surface area contributed by atoms with E-state index in [1.165, 1.54) is 28.1 Å². The minimum absolute atomic E-state index is 0.190. The maximum atomic E-state index is 13.3. The maximum Gasteiger partial charge on any atom is 0.243 e. The van der Waals surface area contributed by atoms with Crippen LogP contribution in [0, 0.1) is 12.7 Å². The van der Waals surface area contributed by atoms with Crippen molar-refractivity contribution >= 4 is 10.0 Å². The summed E-state index contributed by atoms with van der Waals surface area (Å²) in [7, 11) is -1.93. The summed E-state index contributed by atoms with van der Waals surface area (Å²) in [5, 5.41) is 0. The lowest BCUT2D eigenvalue weighted by atomic mass is 10.1. The van der Waals surface area contributed by atoms with Gasteiger partial charge in [0.25, 0.3) is 0 Å². The number of nitrogens with zero attached hydrogens (tertiary/aromatic N) is 2. The lowest BCUT2D eigenvalue weighted by molar-refractivity contribution is 0.190. The van der Waals surface area contributed by atoms with E-state index in [-0.39, 0.29) is 4.90 Å². The fourth-order valence-corrected chi connectivity index (χ4v) is 4.94. The van der Waals surface area contributed by atoms with Gasteiger partial charge in [0.1, 0.15) is 11.6 Å². The first-order chi connectivity index (χ1) is 12.9. The summed E-state index contributed by atoms with van der Waals surface area (Å²) >= 11 is 0. The largest absolute Gasteiger partial charge is 0.497 e. The van der Waals surface area contributed by atoms with Crippen LogP contribution in [0.5, 0.6) is 5.75 Å². The van der Waals surface area contributed by atoms with Gasteiger partial charge >= 0.3 is 0 Å². The van der Waals surface area contributed by atoms with E-state index in [0.29, 0.717) is 31.7 Å². The van der Waals surface area contributed by atoms with Crippen molar-refractivity contribution in [2.45, 2.75) is 18.2 Å². The number of ether oxygens (including phenoxy) is 1. The van der Waals surface area contributed by atoms with E-state index < -0.39 is 15.8 Å². The zero-order chi connectivity index (χ0) is 19.4. The average Bonchev–Trinajstić information content (AvgIpc) is 2.67. The summed E-state index contributed by atoms with van der Waals surface area (Å²) in [4.78, 5) is 2.46. The molecule has 1 saturated heterocycles. The van der Waals surface area contributed by atoms with Crippen LogP contribution in [0.2, 0.25) is 0 Å². The van der Waals surface area contributed by atoms with Crippen molar-refractivity contribution in [2.24, 2.45) is 0 Å². The highest BCUT2D eigenvalue weighted by atomic mass is 32.2. The third-order valence-corrected chi connectivity index (χ3v) is 7.02. The number of rotatable bonds is 6. The molecule has 1 fully saturated rings. The Kier molecular flexibility index (Phi) is 6.14. The summed E-state index contributed by atoms with van der Waals surface area (Å²) in [6, 6.07) is 11.8. The van der Waals surface area contributed by atoms with Crippen LogP contribution in [-0.4, -0.2) is 57.5 Å². The molecular weight excluding hydrogens is 367 g/mol. The highest BCUT2D eigenvalue weighted by molar-refractivity contribution is 7.89. The average molecular weight is 392 g/mol. The van der Waals surface area contributed by atoms with Crippen LogP contribution in [-0.2, 0) is 16.4 Å². The number of halogens is 1. The predicted molar refractivity (Wildman–Crippen MR) is 103 cm³/mol. The lowest BCUT2D eigenvalue weighted by Gasteiger charge is -2.34. The van der Waals surface area contributed by atoms with Crippen LogP contribution in [0.3, 0.4) is 0 Å². The van der Waals surface area contributed by atoms with Crippen molar-refractivity contribution in [2.75, 3.05) is 39.8 Å². The van der Waals surface area contributed by atoms with E-state index in [2.05, 4.69) is 17.0 Å². The van der Waals surface area contributed by atoms with Gasteiger partial charge in [0, 0.05) is 32.7 Å². The molecule has 0 atom stereocenters. The molecule has 1 heterocycles. The van der Waals surface area contributed by atoms with Crippen molar-refractivity contribution in [3.05, 3.63) is 59.4 Å². The fraction of sp³-hybridized carbons (Fsp3) is 0.400. The van der Waals surface area contributed by atoms with Crippen molar-refractivity contribution in [1.29, 1.82) is 0 Å². The van der Waals surface area contributed by atoms with E-state index in [1.54, 1.807) is 14.0 Å². The first-order valence-electron chi connectivity index (χ1n) is 9.02. The van der Waals surface area contributed by atoms with Crippen molar-refractivity contribution < 1.29 is 17.5 Å². The second-order valence-corrected chi connectivity index (χ2v) is 8.66. The highest BCUT2D eigenvalue weighted by Crippen LogP contribution is 2.22. The Morgan fingerprint density at radius 3 is 2.30 bits per heavy atom. The molecule has 0 saturated carbocycles. The molecule has 0 amide bonds. The van der Waals surface area contributed by atoms with Crippen molar-refractivity contribution in [3.8, 4) is 5.75 Å². The molecule has 27 heavy (non-hydrogen) atoms. The van der Waals surface area contributed by atoms with Gasteiger partial charge in [-0.15, -0.1) is 0 Å². The standard InChI is InChI=1S/C20H25FN2O3S/c1-16-15-18(21)5-8-20(16)27(24,25)23-13-11-22(12-14-23)10-9-17-3-6-19(26-2)7-4-17/h3-8,15H,9-14H2,1-2H3. The molecule has 3 rings (SSSR count). The van der Waals surface area contributed by atoms with Crippen LogP contribution in [0.1, 0.15) is 11.1 Å². The molecule has 2 aromatic carbocycles. The van der Waals surface area contributed by atoms with Gasteiger partial charge in [-0.1, -0.05) is 12.1 Å². The van der Waals surface area contributed by atoms with Gasteiger partial charge in [0.15, 0.2) is 0 Å². The van der Waals surface area contributed by atoms with Crippen LogP contribution in [0.15, 0.2) is 47.4 Å². The van der Waals surface area contributed by atoms with Crippen molar-refractivity contribution in [3.63, 3.8) is 0 Å². The summed E-state index contributed by atoms with van der Waals surface area (Å²) in [5.74, 6) is 0.420. The molecule has 146 valence electrons. The minimum atomic E-state index is -3.58. The third-order valence-electron chi connectivity index (χ3n) is 4.96. The molecule has 0 radical (unpaired) electrons.